The van der Waals surface area contributed by atoms with Crippen molar-refractivity contribution in [3.05, 3.63) is 77.0 Å². The first-order valence-corrected chi connectivity index (χ1v) is 8.74. The molecule has 0 aliphatic rings. The third kappa shape index (κ3) is 3.62. The maximum atomic E-state index is 13.7. The molecule has 0 saturated carbocycles. The van der Waals surface area contributed by atoms with E-state index in [-0.39, 0.29) is 12.2 Å². The number of halogens is 1. The van der Waals surface area contributed by atoms with Crippen LogP contribution in [0.25, 0.3) is 16.8 Å². The maximum Gasteiger partial charge on any atom is 0.350 e. The third-order valence-corrected chi connectivity index (χ3v) is 4.49. The summed E-state index contributed by atoms with van der Waals surface area (Å²) in [4.78, 5) is 12.8. The molecule has 2 aromatic carbocycles. The molecule has 0 unspecified atom stereocenters. The second kappa shape index (κ2) is 7.63. The summed E-state index contributed by atoms with van der Waals surface area (Å²) in [7, 11) is 3.02. The zero-order valence-electron chi connectivity index (χ0n) is 15.8. The molecule has 9 heteroatoms. The SMILES string of the molecule is COc1cc(F)cc(Cn2cnn(-c3ccc(-c4cn[nH]c4)c(OC)c3)c2=O)c1. The van der Waals surface area contributed by atoms with Crippen LogP contribution >= 0.6 is 0 Å². The molecule has 4 aromatic rings. The molecule has 0 aliphatic carbocycles. The van der Waals surface area contributed by atoms with E-state index in [1.165, 1.54) is 34.8 Å². The highest BCUT2D eigenvalue weighted by Gasteiger charge is 2.13. The number of hydrogen-bond acceptors (Lipinski definition) is 5. The highest BCUT2D eigenvalue weighted by atomic mass is 19.1. The van der Waals surface area contributed by atoms with Crippen LogP contribution in [0.5, 0.6) is 11.5 Å². The number of H-pyrrole nitrogens is 1. The zero-order valence-corrected chi connectivity index (χ0v) is 15.8. The van der Waals surface area contributed by atoms with Crippen LogP contribution in [-0.2, 0) is 6.54 Å². The Morgan fingerprint density at radius 3 is 2.72 bits per heavy atom. The summed E-state index contributed by atoms with van der Waals surface area (Å²) < 4.78 is 26.9. The van der Waals surface area contributed by atoms with Crippen LogP contribution in [0.2, 0.25) is 0 Å². The molecule has 0 saturated heterocycles. The van der Waals surface area contributed by atoms with E-state index in [4.69, 9.17) is 9.47 Å². The van der Waals surface area contributed by atoms with Crippen molar-refractivity contribution in [2.24, 2.45) is 0 Å². The quantitative estimate of drug-likeness (QED) is 0.542. The Kier molecular flexibility index (Phi) is 4.86. The lowest BCUT2D eigenvalue weighted by Crippen LogP contribution is -2.24. The minimum atomic E-state index is -0.431. The molecule has 0 fully saturated rings. The molecule has 2 aromatic heterocycles. The van der Waals surface area contributed by atoms with Gasteiger partial charge in [0.05, 0.1) is 32.6 Å². The van der Waals surface area contributed by atoms with Gasteiger partial charge in [-0.1, -0.05) is 0 Å². The van der Waals surface area contributed by atoms with Crippen molar-refractivity contribution in [3.8, 4) is 28.3 Å². The highest BCUT2D eigenvalue weighted by molar-refractivity contribution is 5.70. The van der Waals surface area contributed by atoms with Crippen molar-refractivity contribution in [2.45, 2.75) is 6.54 Å². The average molecular weight is 395 g/mol. The second-order valence-electron chi connectivity index (χ2n) is 6.32. The van der Waals surface area contributed by atoms with Crippen LogP contribution in [0, 0.1) is 5.82 Å². The normalized spacial score (nSPS) is 10.9. The molecule has 0 spiro atoms. The number of aromatic nitrogens is 5. The summed E-state index contributed by atoms with van der Waals surface area (Å²) in [6.45, 7) is 0.164. The molecular weight excluding hydrogens is 377 g/mol. The fourth-order valence-corrected chi connectivity index (χ4v) is 3.09. The molecular formula is C20H18FN5O3. The lowest BCUT2D eigenvalue weighted by molar-refractivity contribution is 0.410. The standard InChI is InChI=1S/C20H18FN5O3/c1-28-17-6-13(5-15(21)7-17)11-25-12-24-26(20(25)27)16-3-4-18(19(8-16)29-2)14-9-22-23-10-14/h3-10,12H,11H2,1-2H3,(H,22,23). The van der Waals surface area contributed by atoms with Gasteiger partial charge in [-0.2, -0.15) is 14.9 Å². The van der Waals surface area contributed by atoms with E-state index in [1.807, 2.05) is 6.07 Å². The predicted octanol–water partition coefficient (Wildman–Crippen LogP) is 2.63. The van der Waals surface area contributed by atoms with Gasteiger partial charge >= 0.3 is 5.69 Å². The number of rotatable bonds is 6. The Balaban J connectivity index is 1.67. The average Bonchev–Trinajstić information content (AvgIpc) is 3.38. The van der Waals surface area contributed by atoms with E-state index in [9.17, 15) is 9.18 Å². The molecule has 4 rings (SSSR count). The van der Waals surface area contributed by atoms with E-state index >= 15 is 0 Å². The van der Waals surface area contributed by atoms with Gasteiger partial charge in [-0.05, 0) is 29.8 Å². The summed E-state index contributed by atoms with van der Waals surface area (Å²) in [6, 6.07) is 9.65. The fourth-order valence-electron chi connectivity index (χ4n) is 3.09. The van der Waals surface area contributed by atoms with Gasteiger partial charge in [0.15, 0.2) is 0 Å². The maximum absolute atomic E-state index is 13.7. The van der Waals surface area contributed by atoms with Crippen molar-refractivity contribution < 1.29 is 13.9 Å². The van der Waals surface area contributed by atoms with Crippen molar-refractivity contribution in [2.75, 3.05) is 14.2 Å². The van der Waals surface area contributed by atoms with E-state index in [0.29, 0.717) is 22.7 Å². The number of methoxy groups -OCH3 is 2. The Hall–Kier alpha value is -3.88. The van der Waals surface area contributed by atoms with Gasteiger partial charge < -0.3 is 9.47 Å². The van der Waals surface area contributed by atoms with Gasteiger partial charge in [0.1, 0.15) is 23.6 Å². The number of benzene rings is 2. The largest absolute Gasteiger partial charge is 0.497 e. The van der Waals surface area contributed by atoms with E-state index < -0.39 is 5.82 Å². The van der Waals surface area contributed by atoms with Crippen molar-refractivity contribution in [1.82, 2.24) is 24.5 Å². The van der Waals surface area contributed by atoms with Gasteiger partial charge in [0.2, 0.25) is 0 Å². The van der Waals surface area contributed by atoms with Gasteiger partial charge in [-0.25, -0.2) is 9.18 Å². The first-order valence-electron chi connectivity index (χ1n) is 8.74. The molecule has 0 bridgehead atoms. The molecule has 0 atom stereocenters. The Bertz CT molecular complexity index is 1200. The van der Waals surface area contributed by atoms with Crippen LogP contribution in [0.1, 0.15) is 5.56 Å². The van der Waals surface area contributed by atoms with E-state index in [1.54, 1.807) is 37.7 Å². The van der Waals surface area contributed by atoms with Crippen LogP contribution in [0.4, 0.5) is 4.39 Å². The van der Waals surface area contributed by atoms with Crippen molar-refractivity contribution >= 4 is 0 Å². The summed E-state index contributed by atoms with van der Waals surface area (Å²) in [5.41, 5.74) is 2.49. The molecule has 0 radical (unpaired) electrons. The number of nitrogens with zero attached hydrogens (tertiary/aromatic N) is 4. The Morgan fingerprint density at radius 1 is 1.14 bits per heavy atom. The second-order valence-corrected chi connectivity index (χ2v) is 6.32. The smallest absolute Gasteiger partial charge is 0.350 e. The minimum Gasteiger partial charge on any atom is -0.497 e. The zero-order chi connectivity index (χ0) is 20.4. The number of aromatic amines is 1. The molecule has 0 amide bonds. The van der Waals surface area contributed by atoms with Crippen molar-refractivity contribution in [3.63, 3.8) is 0 Å². The van der Waals surface area contributed by atoms with Gasteiger partial charge in [-0.3, -0.25) is 9.67 Å². The molecule has 0 aliphatic heterocycles. The Labute approximate surface area is 165 Å². The van der Waals surface area contributed by atoms with E-state index in [2.05, 4.69) is 15.3 Å². The van der Waals surface area contributed by atoms with Crippen molar-refractivity contribution in [1.29, 1.82) is 0 Å². The topological polar surface area (TPSA) is 87.0 Å². The van der Waals surface area contributed by atoms with Gasteiger partial charge in [-0.15, -0.1) is 0 Å². The molecule has 1 N–H and O–H groups in total. The minimum absolute atomic E-state index is 0.164. The highest BCUT2D eigenvalue weighted by Crippen LogP contribution is 2.30. The summed E-state index contributed by atoms with van der Waals surface area (Å²) in [5, 5.41) is 10.9. The van der Waals surface area contributed by atoms with Crippen LogP contribution < -0.4 is 15.2 Å². The van der Waals surface area contributed by atoms with Gasteiger partial charge in [0, 0.05) is 29.5 Å². The monoisotopic (exact) mass is 395 g/mol. The lowest BCUT2D eigenvalue weighted by Gasteiger charge is -2.09. The molecule has 8 nitrogen and oxygen atoms in total. The van der Waals surface area contributed by atoms with Crippen LogP contribution in [-0.4, -0.2) is 38.8 Å². The Morgan fingerprint density at radius 2 is 2.00 bits per heavy atom. The molecule has 2 heterocycles. The molecule has 148 valence electrons. The third-order valence-electron chi connectivity index (χ3n) is 4.49. The number of hydrogen-bond donors (Lipinski definition) is 1. The number of ether oxygens (including phenoxy) is 2. The van der Waals surface area contributed by atoms with Gasteiger partial charge in [0.25, 0.3) is 0 Å². The molecule has 29 heavy (non-hydrogen) atoms. The fraction of sp³-hybridized carbons (Fsp3) is 0.150. The summed E-state index contributed by atoms with van der Waals surface area (Å²) in [6.07, 6.45) is 4.85. The first-order chi connectivity index (χ1) is 14.1. The van der Waals surface area contributed by atoms with Crippen LogP contribution in [0.3, 0.4) is 0 Å². The van der Waals surface area contributed by atoms with Crippen LogP contribution in [0.15, 0.2) is 59.9 Å². The van der Waals surface area contributed by atoms with E-state index in [0.717, 1.165) is 11.1 Å². The summed E-state index contributed by atoms with van der Waals surface area (Å²) >= 11 is 0. The number of nitrogens with one attached hydrogen (secondary N) is 1. The lowest BCUT2D eigenvalue weighted by atomic mass is 10.1. The predicted molar refractivity (Wildman–Crippen MR) is 104 cm³/mol. The summed E-state index contributed by atoms with van der Waals surface area (Å²) in [5.74, 6) is 0.541. The first kappa shape index (κ1) is 18.5.